The summed E-state index contributed by atoms with van der Waals surface area (Å²) in [4.78, 5) is 54.7. The van der Waals surface area contributed by atoms with Crippen LogP contribution >= 0.6 is 23.1 Å². The number of thiophene rings is 1. The van der Waals surface area contributed by atoms with Gasteiger partial charge in [0.1, 0.15) is 16.3 Å². The predicted molar refractivity (Wildman–Crippen MR) is 222 cm³/mol. The molecule has 5 aromatic rings. The van der Waals surface area contributed by atoms with Crippen LogP contribution < -0.4 is 30.2 Å². The van der Waals surface area contributed by atoms with Crippen LogP contribution in [-0.2, 0) is 14.3 Å². The Bertz CT molecular complexity index is 2190. The molecule has 4 aromatic carbocycles. The van der Waals surface area contributed by atoms with Crippen LogP contribution in [0.15, 0.2) is 107 Å². The number of amides is 3. The second kappa shape index (κ2) is 19.5. The number of rotatable bonds is 16. The van der Waals surface area contributed by atoms with E-state index in [2.05, 4.69) is 16.0 Å². The first-order chi connectivity index (χ1) is 27.1. The van der Waals surface area contributed by atoms with Crippen molar-refractivity contribution in [3.05, 3.63) is 124 Å². The van der Waals surface area contributed by atoms with Crippen LogP contribution in [0.4, 0.5) is 10.7 Å². The number of anilines is 2. The van der Waals surface area contributed by atoms with Gasteiger partial charge in [-0.3, -0.25) is 14.4 Å². The molecule has 11 nitrogen and oxygen atoms in total. The second-order valence-electron chi connectivity index (χ2n) is 12.3. The van der Waals surface area contributed by atoms with Gasteiger partial charge >= 0.3 is 5.97 Å². The van der Waals surface area contributed by atoms with Crippen LogP contribution in [0.25, 0.3) is 17.2 Å². The van der Waals surface area contributed by atoms with Gasteiger partial charge in [-0.25, -0.2) is 4.79 Å². The van der Waals surface area contributed by atoms with E-state index in [0.29, 0.717) is 61.5 Å². The molecule has 1 atom stereocenters. The van der Waals surface area contributed by atoms with Crippen molar-refractivity contribution in [3.63, 3.8) is 0 Å². The second-order valence-corrected chi connectivity index (χ2v) is 14.4. The molecule has 1 aromatic heterocycles. The Kier molecular flexibility index (Phi) is 14.3. The minimum Gasteiger partial charge on any atom is -0.493 e. The maximum atomic E-state index is 13.9. The first-order valence-corrected chi connectivity index (χ1v) is 19.5. The largest absolute Gasteiger partial charge is 0.493 e. The first-order valence-electron chi connectivity index (χ1n) is 17.7. The molecule has 0 radical (unpaired) electrons. The number of aryl methyl sites for hydroxylation is 1. The maximum absolute atomic E-state index is 13.9. The van der Waals surface area contributed by atoms with Crippen LogP contribution in [0, 0.1) is 6.92 Å². The normalized spacial score (nSPS) is 11.6. The Morgan fingerprint density at radius 2 is 1.52 bits per heavy atom. The molecule has 0 saturated carbocycles. The van der Waals surface area contributed by atoms with E-state index in [9.17, 15) is 19.2 Å². The van der Waals surface area contributed by atoms with Crippen molar-refractivity contribution in [2.75, 3.05) is 38.6 Å². The van der Waals surface area contributed by atoms with Crippen LogP contribution in [0.5, 0.6) is 17.2 Å². The van der Waals surface area contributed by atoms with Crippen LogP contribution in [0.2, 0.25) is 0 Å². The van der Waals surface area contributed by atoms with Gasteiger partial charge in [-0.15, -0.1) is 23.1 Å². The minimum absolute atomic E-state index is 0.0460. The fourth-order valence-electron chi connectivity index (χ4n) is 5.62. The lowest BCUT2D eigenvalue weighted by Crippen LogP contribution is -2.30. The van der Waals surface area contributed by atoms with E-state index < -0.39 is 23.0 Å². The third-order valence-electron chi connectivity index (χ3n) is 8.43. The lowest BCUT2D eigenvalue weighted by molar-refractivity contribution is -0.116. The number of ether oxygens (including phenoxy) is 4. The van der Waals surface area contributed by atoms with Gasteiger partial charge in [0.05, 0.1) is 33.2 Å². The fraction of sp³-hybridized carbons (Fsp3) is 0.209. The fourth-order valence-corrected chi connectivity index (χ4v) is 7.59. The molecule has 0 spiro atoms. The summed E-state index contributed by atoms with van der Waals surface area (Å²) >= 11 is 2.59. The summed E-state index contributed by atoms with van der Waals surface area (Å²) in [5.41, 5.74) is 4.19. The zero-order valence-corrected chi connectivity index (χ0v) is 33.5. The third-order valence-corrected chi connectivity index (χ3v) is 10.7. The van der Waals surface area contributed by atoms with Crippen molar-refractivity contribution < 1.29 is 38.1 Å². The molecule has 290 valence electrons. The first kappa shape index (κ1) is 41.1. The van der Waals surface area contributed by atoms with Crippen molar-refractivity contribution >= 4 is 63.6 Å². The van der Waals surface area contributed by atoms with Crippen LogP contribution in [-0.4, -0.2) is 56.9 Å². The number of hydrogen-bond donors (Lipinski definition) is 3. The third kappa shape index (κ3) is 10.2. The summed E-state index contributed by atoms with van der Waals surface area (Å²) in [5, 5.41) is 10.3. The van der Waals surface area contributed by atoms with Crippen molar-refractivity contribution in [2.45, 2.75) is 37.3 Å². The molecule has 0 bridgehead atoms. The van der Waals surface area contributed by atoms with Gasteiger partial charge in [-0.2, -0.15) is 0 Å². The van der Waals surface area contributed by atoms with E-state index in [-0.39, 0.29) is 18.2 Å². The summed E-state index contributed by atoms with van der Waals surface area (Å²) in [6.07, 6.45) is 1.99. The number of esters is 1. The molecule has 1 unspecified atom stereocenters. The molecule has 0 fully saturated rings. The smallest absolute Gasteiger partial charge is 0.341 e. The molecule has 3 N–H and O–H groups in total. The number of methoxy groups -OCH3 is 3. The monoisotopic (exact) mass is 793 g/mol. The van der Waals surface area contributed by atoms with Gasteiger partial charge in [0.15, 0.2) is 11.5 Å². The number of carbonyl (C=O) groups excluding carboxylic acids is 4. The molecule has 0 saturated heterocycles. The van der Waals surface area contributed by atoms with Gasteiger partial charge in [0.25, 0.3) is 11.8 Å². The maximum Gasteiger partial charge on any atom is 0.341 e. The lowest BCUT2D eigenvalue weighted by atomic mass is 10.0. The average Bonchev–Trinajstić information content (AvgIpc) is 3.63. The van der Waals surface area contributed by atoms with E-state index in [1.807, 2.05) is 49.6 Å². The van der Waals surface area contributed by atoms with Gasteiger partial charge < -0.3 is 34.9 Å². The molecule has 5 rings (SSSR count). The summed E-state index contributed by atoms with van der Waals surface area (Å²) in [7, 11) is 4.46. The summed E-state index contributed by atoms with van der Waals surface area (Å²) < 4.78 is 21.8. The number of hydrogen-bond acceptors (Lipinski definition) is 10. The predicted octanol–water partition coefficient (Wildman–Crippen LogP) is 8.85. The number of benzene rings is 4. The Balaban J connectivity index is 1.37. The SMILES string of the molecule is CCOC(=O)c1c(-c2ccc(C)cc2)csc1NC(=O)C(CC)Sc1cccc(NC(=O)/C(=C\c2cc(OC)c(OC)c(OC)c2)NC(=O)c2ccccc2)c1. The summed E-state index contributed by atoms with van der Waals surface area (Å²) in [6, 6.07) is 26.7. The molecule has 0 aliphatic carbocycles. The standard InChI is InChI=1S/C43H43N3O8S2/c1-7-36(41(49)46-42-37(43(50)54-8-2)32(25-55-42)28-19-17-26(3)18-20-28)56-31-16-12-15-30(24-31)44-40(48)33(45-39(47)29-13-10-9-11-14-29)21-27-22-34(51-4)38(53-6)35(23-27)52-5/h9-25,36H,7-8H2,1-6H3,(H,44,48)(H,45,47)(H,46,49)/b33-21+. The Hall–Kier alpha value is -6.05. The average molecular weight is 794 g/mol. The molecular formula is C43H43N3O8S2. The minimum atomic E-state index is -0.594. The summed E-state index contributed by atoms with van der Waals surface area (Å²) in [6.45, 7) is 5.82. The number of nitrogens with one attached hydrogen (secondary N) is 3. The van der Waals surface area contributed by atoms with Crippen molar-refractivity contribution in [3.8, 4) is 28.4 Å². The topological polar surface area (TPSA) is 141 Å². The molecule has 56 heavy (non-hydrogen) atoms. The van der Waals surface area contributed by atoms with Crippen molar-refractivity contribution in [2.24, 2.45) is 0 Å². The van der Waals surface area contributed by atoms with E-state index >= 15 is 0 Å². The van der Waals surface area contributed by atoms with Crippen molar-refractivity contribution in [1.82, 2.24) is 5.32 Å². The van der Waals surface area contributed by atoms with Gasteiger partial charge in [0.2, 0.25) is 11.7 Å². The van der Waals surface area contributed by atoms with E-state index in [1.165, 1.54) is 50.5 Å². The molecule has 13 heteroatoms. The van der Waals surface area contributed by atoms with Gasteiger partial charge in [-0.1, -0.05) is 61.0 Å². The highest BCUT2D eigenvalue weighted by Gasteiger charge is 2.26. The quantitative estimate of drug-likeness (QED) is 0.0508. The van der Waals surface area contributed by atoms with Gasteiger partial charge in [0, 0.05) is 27.1 Å². The van der Waals surface area contributed by atoms with Crippen molar-refractivity contribution in [1.29, 1.82) is 0 Å². The van der Waals surface area contributed by atoms with Gasteiger partial charge in [-0.05, 0) is 79.9 Å². The Morgan fingerprint density at radius 1 is 0.821 bits per heavy atom. The molecule has 0 aliphatic heterocycles. The van der Waals surface area contributed by atoms with E-state index in [0.717, 1.165) is 11.1 Å². The van der Waals surface area contributed by atoms with Crippen LogP contribution in [0.3, 0.4) is 0 Å². The Morgan fingerprint density at radius 3 is 2.14 bits per heavy atom. The molecule has 0 aliphatic rings. The zero-order valence-electron chi connectivity index (χ0n) is 31.9. The summed E-state index contributed by atoms with van der Waals surface area (Å²) in [5.74, 6) is -0.756. The zero-order chi connectivity index (χ0) is 40.2. The lowest BCUT2D eigenvalue weighted by Gasteiger charge is -2.16. The van der Waals surface area contributed by atoms with E-state index in [1.54, 1.807) is 67.6 Å². The number of carbonyl (C=O) groups is 4. The highest BCUT2D eigenvalue weighted by molar-refractivity contribution is 8.00. The highest BCUT2D eigenvalue weighted by Crippen LogP contribution is 2.39. The number of thioether (sulfide) groups is 1. The molecular weight excluding hydrogens is 751 g/mol. The Labute approximate surface area is 334 Å². The highest BCUT2D eigenvalue weighted by atomic mass is 32.2. The molecule has 3 amide bonds. The van der Waals surface area contributed by atoms with E-state index in [4.69, 9.17) is 18.9 Å². The van der Waals surface area contributed by atoms with Crippen LogP contribution in [0.1, 0.15) is 52.1 Å². The molecule has 1 heterocycles.